The molecule has 0 radical (unpaired) electrons. The fraction of sp³-hybridized carbons (Fsp3) is 0.400. The molecular formula is C10H12BrFOS. The molecule has 78 valence electrons. The zero-order chi connectivity index (χ0) is 10.4. The molecule has 0 atom stereocenters. The first-order valence-corrected chi connectivity index (χ1v) is 6.75. The highest BCUT2D eigenvalue weighted by atomic mass is 79.9. The van der Waals surface area contributed by atoms with E-state index in [2.05, 4.69) is 15.9 Å². The summed E-state index contributed by atoms with van der Waals surface area (Å²) in [5, 5.41) is 0.643. The number of thioether (sulfide) groups is 1. The van der Waals surface area contributed by atoms with E-state index in [-0.39, 0.29) is 5.82 Å². The SMILES string of the molecule is CSCCOc1cc(F)cc(CBr)c1. The Morgan fingerprint density at radius 2 is 2.21 bits per heavy atom. The van der Waals surface area contributed by atoms with Gasteiger partial charge in [-0.05, 0) is 24.0 Å². The molecule has 1 nitrogen and oxygen atoms in total. The Kier molecular flexibility index (Phi) is 5.33. The van der Waals surface area contributed by atoms with Crippen LogP contribution < -0.4 is 4.74 Å². The third-order valence-electron chi connectivity index (χ3n) is 1.64. The maximum Gasteiger partial charge on any atom is 0.127 e. The van der Waals surface area contributed by atoms with Gasteiger partial charge in [-0.25, -0.2) is 4.39 Å². The zero-order valence-corrected chi connectivity index (χ0v) is 10.3. The van der Waals surface area contributed by atoms with Gasteiger partial charge in [0.15, 0.2) is 0 Å². The molecule has 0 aliphatic carbocycles. The van der Waals surface area contributed by atoms with E-state index < -0.39 is 0 Å². The van der Waals surface area contributed by atoms with Crippen molar-refractivity contribution in [1.29, 1.82) is 0 Å². The van der Waals surface area contributed by atoms with Crippen molar-refractivity contribution < 1.29 is 9.13 Å². The Hall–Kier alpha value is -0.220. The van der Waals surface area contributed by atoms with Gasteiger partial charge in [-0.3, -0.25) is 0 Å². The van der Waals surface area contributed by atoms with Crippen LogP contribution in [-0.4, -0.2) is 18.6 Å². The fourth-order valence-corrected chi connectivity index (χ4v) is 1.60. The summed E-state index contributed by atoms with van der Waals surface area (Å²) in [4.78, 5) is 0. The van der Waals surface area contributed by atoms with Crippen molar-refractivity contribution in [3.05, 3.63) is 29.6 Å². The van der Waals surface area contributed by atoms with E-state index >= 15 is 0 Å². The summed E-state index contributed by atoms with van der Waals surface area (Å²) in [6.45, 7) is 0.617. The molecule has 0 aliphatic rings. The lowest BCUT2D eigenvalue weighted by molar-refractivity contribution is 0.341. The second-order valence-corrected chi connectivity index (χ2v) is 4.32. The molecular weight excluding hydrogens is 267 g/mol. The normalized spacial score (nSPS) is 10.2. The highest BCUT2D eigenvalue weighted by Crippen LogP contribution is 2.18. The molecule has 0 bridgehead atoms. The van der Waals surface area contributed by atoms with Crippen molar-refractivity contribution in [1.82, 2.24) is 0 Å². The van der Waals surface area contributed by atoms with E-state index in [0.717, 1.165) is 11.3 Å². The van der Waals surface area contributed by atoms with Gasteiger partial charge in [0.05, 0.1) is 6.61 Å². The predicted molar refractivity (Wildman–Crippen MR) is 62.9 cm³/mol. The monoisotopic (exact) mass is 278 g/mol. The van der Waals surface area contributed by atoms with Gasteiger partial charge in [0.2, 0.25) is 0 Å². The van der Waals surface area contributed by atoms with E-state index in [1.165, 1.54) is 12.1 Å². The van der Waals surface area contributed by atoms with Crippen LogP contribution in [0.1, 0.15) is 5.56 Å². The highest BCUT2D eigenvalue weighted by molar-refractivity contribution is 9.08. The molecule has 0 saturated carbocycles. The summed E-state index contributed by atoms with van der Waals surface area (Å²) in [6.07, 6.45) is 2.01. The third kappa shape index (κ3) is 3.88. The second kappa shape index (κ2) is 6.30. The van der Waals surface area contributed by atoms with Gasteiger partial charge in [-0.1, -0.05) is 15.9 Å². The van der Waals surface area contributed by atoms with Crippen LogP contribution in [0.3, 0.4) is 0 Å². The molecule has 0 N–H and O–H groups in total. The van der Waals surface area contributed by atoms with Crippen molar-refractivity contribution in [2.24, 2.45) is 0 Å². The number of alkyl halides is 1. The van der Waals surface area contributed by atoms with Crippen LogP contribution in [0.15, 0.2) is 18.2 Å². The Bertz CT molecular complexity index is 293. The van der Waals surface area contributed by atoms with Crippen molar-refractivity contribution in [3.8, 4) is 5.75 Å². The summed E-state index contributed by atoms with van der Waals surface area (Å²) < 4.78 is 18.4. The summed E-state index contributed by atoms with van der Waals surface area (Å²) in [5.41, 5.74) is 0.893. The maximum atomic E-state index is 13.0. The molecule has 4 heteroatoms. The Balaban J connectivity index is 2.62. The van der Waals surface area contributed by atoms with Gasteiger partial charge in [-0.2, -0.15) is 11.8 Å². The van der Waals surface area contributed by atoms with Crippen molar-refractivity contribution in [3.63, 3.8) is 0 Å². The Morgan fingerprint density at radius 3 is 2.86 bits per heavy atom. The van der Waals surface area contributed by atoms with Crippen LogP contribution >= 0.6 is 27.7 Å². The van der Waals surface area contributed by atoms with Crippen LogP contribution in [0.2, 0.25) is 0 Å². The summed E-state index contributed by atoms with van der Waals surface area (Å²) in [6, 6.07) is 4.75. The molecule has 0 saturated heterocycles. The topological polar surface area (TPSA) is 9.23 Å². The number of hydrogen-bond acceptors (Lipinski definition) is 2. The number of hydrogen-bond donors (Lipinski definition) is 0. The molecule has 0 aliphatic heterocycles. The smallest absolute Gasteiger partial charge is 0.127 e. The van der Waals surface area contributed by atoms with Crippen LogP contribution in [-0.2, 0) is 5.33 Å². The van der Waals surface area contributed by atoms with E-state index in [1.54, 1.807) is 11.8 Å². The summed E-state index contributed by atoms with van der Waals surface area (Å²) in [7, 11) is 0. The first-order chi connectivity index (χ1) is 6.76. The van der Waals surface area contributed by atoms with Crippen molar-refractivity contribution >= 4 is 27.7 Å². The van der Waals surface area contributed by atoms with Crippen LogP contribution in [0.25, 0.3) is 0 Å². The van der Waals surface area contributed by atoms with Crippen molar-refractivity contribution in [2.45, 2.75) is 5.33 Å². The van der Waals surface area contributed by atoms with E-state index in [4.69, 9.17) is 4.74 Å². The molecule has 1 aromatic carbocycles. The molecule has 0 fully saturated rings. The third-order valence-corrected chi connectivity index (χ3v) is 2.86. The number of halogens is 2. The summed E-state index contributed by atoms with van der Waals surface area (Å²) >= 11 is 4.99. The molecule has 1 rings (SSSR count). The largest absolute Gasteiger partial charge is 0.493 e. The lowest BCUT2D eigenvalue weighted by atomic mass is 10.2. The first-order valence-electron chi connectivity index (χ1n) is 4.23. The fourth-order valence-electron chi connectivity index (χ4n) is 1.02. The van der Waals surface area contributed by atoms with E-state index in [1.807, 2.05) is 12.3 Å². The van der Waals surface area contributed by atoms with Gasteiger partial charge >= 0.3 is 0 Å². The average molecular weight is 279 g/mol. The minimum Gasteiger partial charge on any atom is -0.493 e. The van der Waals surface area contributed by atoms with Gasteiger partial charge in [0.1, 0.15) is 11.6 Å². The standard InChI is InChI=1S/C10H12BrFOS/c1-14-3-2-13-10-5-8(7-11)4-9(12)6-10/h4-6H,2-3,7H2,1H3. The first kappa shape index (κ1) is 11.9. The Labute approximate surface area is 96.2 Å². The van der Waals surface area contributed by atoms with Crippen LogP contribution in [0.5, 0.6) is 5.75 Å². The highest BCUT2D eigenvalue weighted by Gasteiger charge is 2.00. The van der Waals surface area contributed by atoms with Crippen LogP contribution in [0, 0.1) is 5.82 Å². The molecule has 0 unspecified atom stereocenters. The quantitative estimate of drug-likeness (QED) is 0.603. The molecule has 0 heterocycles. The lowest BCUT2D eigenvalue weighted by Crippen LogP contribution is -2.00. The zero-order valence-electron chi connectivity index (χ0n) is 7.93. The van der Waals surface area contributed by atoms with E-state index in [9.17, 15) is 4.39 Å². The second-order valence-electron chi connectivity index (χ2n) is 2.77. The molecule has 1 aromatic rings. The summed E-state index contributed by atoms with van der Waals surface area (Å²) in [5.74, 6) is 1.27. The predicted octanol–water partition coefficient (Wildman–Crippen LogP) is 3.46. The van der Waals surface area contributed by atoms with Gasteiger partial charge in [0, 0.05) is 17.1 Å². The van der Waals surface area contributed by atoms with Gasteiger partial charge in [-0.15, -0.1) is 0 Å². The lowest BCUT2D eigenvalue weighted by Gasteiger charge is -2.06. The number of benzene rings is 1. The molecule has 0 aromatic heterocycles. The molecule has 0 spiro atoms. The van der Waals surface area contributed by atoms with Gasteiger partial charge in [0.25, 0.3) is 0 Å². The average Bonchev–Trinajstić information content (AvgIpc) is 2.17. The van der Waals surface area contributed by atoms with Crippen molar-refractivity contribution in [2.75, 3.05) is 18.6 Å². The molecule has 14 heavy (non-hydrogen) atoms. The maximum absolute atomic E-state index is 13.0. The Morgan fingerprint density at radius 1 is 1.43 bits per heavy atom. The van der Waals surface area contributed by atoms with Crippen LogP contribution in [0.4, 0.5) is 4.39 Å². The number of rotatable bonds is 5. The van der Waals surface area contributed by atoms with E-state index in [0.29, 0.717) is 17.7 Å². The minimum atomic E-state index is -0.249. The van der Waals surface area contributed by atoms with Gasteiger partial charge < -0.3 is 4.74 Å². The molecule has 0 amide bonds. The minimum absolute atomic E-state index is 0.249. The number of ether oxygens (including phenoxy) is 1.